The molecule has 1 N–H and O–H groups in total. The number of rotatable bonds is 6. The van der Waals surface area contributed by atoms with Crippen LogP contribution in [0.4, 0.5) is 0 Å². The van der Waals surface area contributed by atoms with Gasteiger partial charge in [-0.25, -0.2) is 0 Å². The van der Waals surface area contributed by atoms with Crippen LogP contribution in [0, 0.1) is 5.92 Å². The first-order chi connectivity index (χ1) is 4.81. The van der Waals surface area contributed by atoms with Crippen molar-refractivity contribution < 1.29 is 5.11 Å². The lowest BCUT2D eigenvalue weighted by Gasteiger charge is -2.05. The molecule has 0 spiro atoms. The summed E-state index contributed by atoms with van der Waals surface area (Å²) in [6.07, 6.45) is 4.98. The quantitative estimate of drug-likeness (QED) is 0.526. The Labute approximate surface area is 72.0 Å². The lowest BCUT2D eigenvalue weighted by molar-refractivity contribution is 0.227. The Morgan fingerprint density at radius 3 is 2.50 bits per heavy atom. The molecule has 0 radical (unpaired) electrons. The molecule has 1 nitrogen and oxygen atoms in total. The van der Waals surface area contributed by atoms with Crippen LogP contribution in [-0.4, -0.2) is 17.0 Å². The predicted octanol–water partition coefficient (Wildman–Crippen LogP) is 2.57. The normalized spacial score (nSPS) is 13.5. The Bertz CT molecular complexity index is 66.3. The van der Waals surface area contributed by atoms with Gasteiger partial charge in [-0.3, -0.25) is 0 Å². The van der Waals surface area contributed by atoms with Crippen molar-refractivity contribution in [2.45, 2.75) is 32.6 Å². The summed E-state index contributed by atoms with van der Waals surface area (Å²) in [4.78, 5) is 0. The molecule has 0 unspecified atom stereocenters. The fourth-order valence-corrected chi connectivity index (χ4v) is 1.25. The maximum Gasteiger partial charge on any atom is 0.0456 e. The molecular formula is C8H17BrO. The minimum atomic E-state index is 0.342. The van der Waals surface area contributed by atoms with E-state index < -0.39 is 0 Å². The van der Waals surface area contributed by atoms with Crippen LogP contribution in [0.25, 0.3) is 0 Å². The molecule has 0 saturated carbocycles. The molecule has 0 fully saturated rings. The van der Waals surface area contributed by atoms with Gasteiger partial charge in [-0.1, -0.05) is 35.7 Å². The Balaban J connectivity index is 2.89. The van der Waals surface area contributed by atoms with Crippen LogP contribution in [0.15, 0.2) is 0 Å². The van der Waals surface area contributed by atoms with Gasteiger partial charge in [0.2, 0.25) is 0 Å². The van der Waals surface area contributed by atoms with Crippen molar-refractivity contribution in [3.05, 3.63) is 0 Å². The molecule has 0 aliphatic carbocycles. The second-order valence-corrected chi connectivity index (χ2v) is 3.62. The first-order valence-corrected chi connectivity index (χ1v) is 5.10. The molecule has 0 bridgehead atoms. The van der Waals surface area contributed by atoms with E-state index in [-0.39, 0.29) is 0 Å². The summed E-state index contributed by atoms with van der Waals surface area (Å²) >= 11 is 3.38. The Morgan fingerprint density at radius 2 is 2.00 bits per heavy atom. The highest BCUT2D eigenvalue weighted by Crippen LogP contribution is 2.08. The molecule has 0 amide bonds. The van der Waals surface area contributed by atoms with E-state index in [9.17, 15) is 0 Å². The smallest absolute Gasteiger partial charge is 0.0456 e. The zero-order valence-electron chi connectivity index (χ0n) is 6.65. The zero-order chi connectivity index (χ0) is 7.82. The van der Waals surface area contributed by atoms with Gasteiger partial charge in [0.25, 0.3) is 0 Å². The van der Waals surface area contributed by atoms with Gasteiger partial charge in [-0.2, -0.15) is 0 Å². The zero-order valence-corrected chi connectivity index (χ0v) is 8.23. The van der Waals surface area contributed by atoms with Crippen LogP contribution in [0.1, 0.15) is 32.6 Å². The van der Waals surface area contributed by atoms with Crippen molar-refractivity contribution in [2.24, 2.45) is 5.92 Å². The average Bonchev–Trinajstić information content (AvgIpc) is 1.98. The summed E-state index contributed by atoms with van der Waals surface area (Å²) in [5.41, 5.74) is 0. The van der Waals surface area contributed by atoms with Crippen molar-refractivity contribution in [3.63, 3.8) is 0 Å². The van der Waals surface area contributed by atoms with E-state index in [2.05, 4.69) is 22.9 Å². The first kappa shape index (κ1) is 10.4. The first-order valence-electron chi connectivity index (χ1n) is 3.98. The second kappa shape index (κ2) is 7.55. The summed E-state index contributed by atoms with van der Waals surface area (Å²) in [5.74, 6) is 0.496. The van der Waals surface area contributed by atoms with Crippen molar-refractivity contribution >= 4 is 15.9 Å². The minimum Gasteiger partial charge on any atom is -0.396 e. The lowest BCUT2D eigenvalue weighted by Crippen LogP contribution is -1.99. The Morgan fingerprint density at radius 1 is 1.30 bits per heavy atom. The summed E-state index contributed by atoms with van der Waals surface area (Å²) in [6, 6.07) is 0. The van der Waals surface area contributed by atoms with Gasteiger partial charge in [0.1, 0.15) is 0 Å². The van der Waals surface area contributed by atoms with Crippen molar-refractivity contribution in [3.8, 4) is 0 Å². The van der Waals surface area contributed by atoms with Gasteiger partial charge in [0.05, 0.1) is 0 Å². The monoisotopic (exact) mass is 208 g/mol. The van der Waals surface area contributed by atoms with Crippen LogP contribution < -0.4 is 0 Å². The molecule has 0 rings (SSSR count). The van der Waals surface area contributed by atoms with Crippen LogP contribution in [0.2, 0.25) is 0 Å². The van der Waals surface area contributed by atoms with Gasteiger partial charge in [-0.05, 0) is 18.8 Å². The van der Waals surface area contributed by atoms with E-state index in [0.29, 0.717) is 12.5 Å². The predicted molar refractivity (Wildman–Crippen MR) is 48.5 cm³/mol. The van der Waals surface area contributed by atoms with Gasteiger partial charge in [0, 0.05) is 11.9 Å². The molecule has 0 heterocycles. The molecule has 62 valence electrons. The molecular weight excluding hydrogens is 192 g/mol. The van der Waals surface area contributed by atoms with Gasteiger partial charge in [0.15, 0.2) is 0 Å². The van der Waals surface area contributed by atoms with Crippen molar-refractivity contribution in [1.82, 2.24) is 0 Å². The van der Waals surface area contributed by atoms with Crippen LogP contribution >= 0.6 is 15.9 Å². The molecule has 10 heavy (non-hydrogen) atoms. The lowest BCUT2D eigenvalue weighted by atomic mass is 10.0. The van der Waals surface area contributed by atoms with Gasteiger partial charge < -0.3 is 5.11 Å². The van der Waals surface area contributed by atoms with E-state index in [0.717, 1.165) is 5.33 Å². The number of unbranched alkanes of at least 4 members (excludes halogenated alkanes) is 2. The third-order valence-corrected chi connectivity index (χ3v) is 2.20. The SMILES string of the molecule is C[C@@H](CO)CCCCCBr. The number of hydrogen-bond acceptors (Lipinski definition) is 1. The molecule has 0 aromatic rings. The fraction of sp³-hybridized carbons (Fsp3) is 1.00. The van der Waals surface area contributed by atoms with Crippen LogP contribution in [0.3, 0.4) is 0 Å². The topological polar surface area (TPSA) is 20.2 Å². The van der Waals surface area contributed by atoms with Gasteiger partial charge in [-0.15, -0.1) is 0 Å². The fourth-order valence-electron chi connectivity index (χ4n) is 0.855. The molecule has 0 aromatic carbocycles. The average molecular weight is 209 g/mol. The molecule has 0 aliphatic heterocycles. The van der Waals surface area contributed by atoms with Crippen molar-refractivity contribution in [1.29, 1.82) is 0 Å². The Hall–Kier alpha value is 0.440. The molecule has 2 heteroatoms. The van der Waals surface area contributed by atoms with Crippen molar-refractivity contribution in [2.75, 3.05) is 11.9 Å². The molecule has 0 saturated heterocycles. The summed E-state index contributed by atoms with van der Waals surface area (Å²) in [6.45, 7) is 2.43. The highest BCUT2D eigenvalue weighted by Gasteiger charge is 1.97. The highest BCUT2D eigenvalue weighted by atomic mass is 79.9. The van der Waals surface area contributed by atoms with Crippen LogP contribution in [0.5, 0.6) is 0 Å². The largest absolute Gasteiger partial charge is 0.396 e. The summed E-state index contributed by atoms with van der Waals surface area (Å²) < 4.78 is 0. The van der Waals surface area contributed by atoms with E-state index in [1.807, 2.05) is 0 Å². The number of halogens is 1. The summed E-state index contributed by atoms with van der Waals surface area (Å²) in [5, 5.41) is 9.79. The summed E-state index contributed by atoms with van der Waals surface area (Å²) in [7, 11) is 0. The van der Waals surface area contributed by atoms with E-state index in [1.54, 1.807) is 0 Å². The maximum absolute atomic E-state index is 8.68. The second-order valence-electron chi connectivity index (χ2n) is 2.83. The third-order valence-electron chi connectivity index (χ3n) is 1.64. The van der Waals surface area contributed by atoms with E-state index in [1.165, 1.54) is 25.7 Å². The minimum absolute atomic E-state index is 0.342. The number of aliphatic hydroxyl groups excluding tert-OH is 1. The van der Waals surface area contributed by atoms with Gasteiger partial charge >= 0.3 is 0 Å². The number of aliphatic hydroxyl groups is 1. The standard InChI is InChI=1S/C8H17BrO/c1-8(7-10)5-3-2-4-6-9/h8,10H,2-7H2,1H3/t8-/m1/s1. The number of alkyl halides is 1. The molecule has 1 atom stereocenters. The highest BCUT2D eigenvalue weighted by molar-refractivity contribution is 9.09. The maximum atomic E-state index is 8.68. The van der Waals surface area contributed by atoms with E-state index in [4.69, 9.17) is 5.11 Å². The number of hydrogen-bond donors (Lipinski definition) is 1. The van der Waals surface area contributed by atoms with Crippen LogP contribution in [-0.2, 0) is 0 Å². The third kappa shape index (κ3) is 6.56. The van der Waals surface area contributed by atoms with E-state index >= 15 is 0 Å². The Kier molecular flexibility index (Phi) is 7.88. The molecule has 0 aromatic heterocycles. The molecule has 0 aliphatic rings.